The van der Waals surface area contributed by atoms with Gasteiger partial charge >= 0.3 is 0 Å². The Bertz CT molecular complexity index is 478. The van der Waals surface area contributed by atoms with Gasteiger partial charge in [0.2, 0.25) is 0 Å². The van der Waals surface area contributed by atoms with E-state index in [9.17, 15) is 4.55 Å². The van der Waals surface area contributed by atoms with Crippen molar-refractivity contribution in [1.29, 1.82) is 0 Å². The summed E-state index contributed by atoms with van der Waals surface area (Å²) in [6, 6.07) is 2.00. The molecule has 0 radical (unpaired) electrons. The van der Waals surface area contributed by atoms with Gasteiger partial charge in [-0.25, -0.2) is 0 Å². The fourth-order valence-electron chi connectivity index (χ4n) is 1.96. The van der Waals surface area contributed by atoms with Crippen molar-refractivity contribution >= 4 is 27.3 Å². The number of aromatic nitrogens is 1. The van der Waals surface area contributed by atoms with Crippen LogP contribution in [0.4, 0.5) is 0 Å². The lowest BCUT2D eigenvalue weighted by atomic mass is 9.93. The van der Waals surface area contributed by atoms with Crippen LogP contribution < -0.4 is 4.72 Å². The van der Waals surface area contributed by atoms with E-state index in [1.54, 1.807) is 6.20 Å². The third-order valence-electron chi connectivity index (χ3n) is 2.98. The lowest BCUT2D eigenvalue weighted by Gasteiger charge is -2.37. The maximum atomic E-state index is 12.3. The van der Waals surface area contributed by atoms with Crippen molar-refractivity contribution in [2.45, 2.75) is 44.6 Å². The molecule has 2 unspecified atom stereocenters. The quantitative estimate of drug-likeness (QED) is 0.836. The molecule has 2 rings (SSSR count). The Morgan fingerprint density at radius 3 is 2.84 bits per heavy atom. The molecule has 2 atom stereocenters. The molecule has 0 aliphatic carbocycles. The second-order valence-corrected chi connectivity index (χ2v) is 8.85. The molecule has 0 saturated carbocycles. The van der Waals surface area contributed by atoms with Crippen molar-refractivity contribution in [3.63, 3.8) is 0 Å². The van der Waals surface area contributed by atoms with Crippen LogP contribution in [0.2, 0.25) is 0 Å². The number of fused-ring (bicyclic) bond motifs is 1. The van der Waals surface area contributed by atoms with E-state index < -0.39 is 16.9 Å². The van der Waals surface area contributed by atoms with E-state index in [0.29, 0.717) is 13.2 Å². The number of rotatable bonds is 2. The molecular weight excluding hydrogens is 328 g/mol. The van der Waals surface area contributed by atoms with Crippen LogP contribution in [-0.4, -0.2) is 20.9 Å². The zero-order chi connectivity index (χ0) is 14.3. The second kappa shape index (κ2) is 5.33. The van der Waals surface area contributed by atoms with Crippen molar-refractivity contribution in [3.8, 4) is 0 Å². The van der Waals surface area contributed by atoms with Crippen LogP contribution in [0.1, 0.15) is 39.0 Å². The Morgan fingerprint density at radius 1 is 1.53 bits per heavy atom. The normalized spacial score (nSPS) is 24.9. The number of nitrogens with one attached hydrogen (secondary N) is 1. The number of halogens is 1. The van der Waals surface area contributed by atoms with Crippen molar-refractivity contribution in [3.05, 3.63) is 28.0 Å². The molecule has 4 nitrogen and oxygen atoms in total. The maximum Gasteiger partial charge on any atom is 0.136 e. The molecule has 0 spiro atoms. The highest BCUT2D eigenvalue weighted by Gasteiger charge is 2.41. The van der Waals surface area contributed by atoms with Crippen LogP contribution in [-0.2, 0) is 28.2 Å². The summed E-state index contributed by atoms with van der Waals surface area (Å²) in [5.41, 5.74) is 1.42. The molecular formula is C13H19BrN2O2S. The first-order chi connectivity index (χ1) is 8.72. The van der Waals surface area contributed by atoms with Gasteiger partial charge in [-0.05, 0) is 49.7 Å². The molecule has 19 heavy (non-hydrogen) atoms. The SMILES string of the molecule is CC1(N[S+]([O-])C(C)(C)C)COCc2cc(Br)cnc21. The Hall–Kier alpha value is -0.140. The number of ether oxygens (including phenoxy) is 1. The topological polar surface area (TPSA) is 57.2 Å². The van der Waals surface area contributed by atoms with Crippen molar-refractivity contribution in [2.75, 3.05) is 6.61 Å². The van der Waals surface area contributed by atoms with E-state index in [4.69, 9.17) is 4.74 Å². The van der Waals surface area contributed by atoms with Crippen molar-refractivity contribution in [2.24, 2.45) is 0 Å². The van der Waals surface area contributed by atoms with Crippen molar-refractivity contribution in [1.82, 2.24) is 9.71 Å². The first-order valence-corrected chi connectivity index (χ1v) is 8.09. The lowest BCUT2D eigenvalue weighted by molar-refractivity contribution is 0.0502. The molecule has 0 bridgehead atoms. The Morgan fingerprint density at radius 2 is 2.21 bits per heavy atom. The van der Waals surface area contributed by atoms with Crippen LogP contribution in [0.15, 0.2) is 16.7 Å². The smallest absolute Gasteiger partial charge is 0.136 e. The average Bonchev–Trinajstić information content (AvgIpc) is 2.27. The molecule has 0 aromatic carbocycles. The van der Waals surface area contributed by atoms with Gasteiger partial charge in [-0.2, -0.15) is 0 Å². The summed E-state index contributed by atoms with van der Waals surface area (Å²) in [5, 5.41) is 0. The minimum Gasteiger partial charge on any atom is -0.598 e. The van der Waals surface area contributed by atoms with Crippen LogP contribution in [0.25, 0.3) is 0 Å². The summed E-state index contributed by atoms with van der Waals surface area (Å²) < 4.78 is 21.7. The fraction of sp³-hybridized carbons (Fsp3) is 0.615. The number of nitrogens with zero attached hydrogens (tertiary/aromatic N) is 1. The Kier molecular flexibility index (Phi) is 4.28. The minimum atomic E-state index is -1.17. The molecule has 0 saturated heterocycles. The number of hydrogen-bond acceptors (Lipinski definition) is 4. The highest BCUT2D eigenvalue weighted by atomic mass is 79.9. The summed E-state index contributed by atoms with van der Waals surface area (Å²) in [4.78, 5) is 4.48. The molecule has 1 aliphatic rings. The minimum absolute atomic E-state index is 0.323. The molecule has 1 aromatic heterocycles. The van der Waals surface area contributed by atoms with Crippen LogP contribution in [0.3, 0.4) is 0 Å². The van der Waals surface area contributed by atoms with Gasteiger partial charge in [-0.3, -0.25) is 4.98 Å². The zero-order valence-electron chi connectivity index (χ0n) is 11.6. The van der Waals surface area contributed by atoms with E-state index in [0.717, 1.165) is 15.7 Å². The third-order valence-corrected chi connectivity index (χ3v) is 5.16. The molecule has 2 heterocycles. The standard InChI is InChI=1S/C13H19BrN2O2S/c1-12(2,3)19(17)16-13(4)8-18-7-9-5-10(14)6-15-11(9)13/h5-6,16H,7-8H2,1-4H3. The van der Waals surface area contributed by atoms with Gasteiger partial charge in [-0.1, -0.05) is 0 Å². The highest BCUT2D eigenvalue weighted by molar-refractivity contribution is 9.10. The van der Waals surface area contributed by atoms with E-state index >= 15 is 0 Å². The molecule has 6 heteroatoms. The Balaban J connectivity index is 2.31. The molecule has 1 aromatic rings. The second-order valence-electron chi connectivity index (χ2n) is 5.97. The molecule has 0 amide bonds. The molecule has 1 aliphatic heterocycles. The lowest BCUT2D eigenvalue weighted by Crippen LogP contribution is -2.54. The molecule has 0 fully saturated rings. The molecule has 106 valence electrons. The van der Waals surface area contributed by atoms with E-state index in [-0.39, 0.29) is 4.75 Å². The molecule has 1 N–H and O–H groups in total. The summed E-state index contributed by atoms with van der Waals surface area (Å²) in [5.74, 6) is 0. The average molecular weight is 347 g/mol. The van der Waals surface area contributed by atoms with E-state index in [1.165, 1.54) is 0 Å². The fourth-order valence-corrected chi connectivity index (χ4v) is 3.21. The highest BCUT2D eigenvalue weighted by Crippen LogP contribution is 2.32. The predicted octanol–water partition coefficient (Wildman–Crippen LogP) is 2.64. The van der Waals surface area contributed by atoms with E-state index in [1.807, 2.05) is 33.8 Å². The zero-order valence-corrected chi connectivity index (χ0v) is 14.0. The Labute approximate surface area is 125 Å². The van der Waals surface area contributed by atoms with Gasteiger partial charge < -0.3 is 9.29 Å². The van der Waals surface area contributed by atoms with E-state index in [2.05, 4.69) is 25.6 Å². The first-order valence-electron chi connectivity index (χ1n) is 6.15. The van der Waals surface area contributed by atoms with Crippen LogP contribution >= 0.6 is 15.9 Å². The van der Waals surface area contributed by atoms with Crippen LogP contribution in [0, 0.1) is 0 Å². The van der Waals surface area contributed by atoms with Gasteiger partial charge in [0.05, 0.1) is 18.9 Å². The summed E-state index contributed by atoms with van der Waals surface area (Å²) in [6.45, 7) is 8.82. The van der Waals surface area contributed by atoms with Gasteiger partial charge in [0, 0.05) is 27.6 Å². The summed E-state index contributed by atoms with van der Waals surface area (Å²) in [7, 11) is 0. The first kappa shape index (κ1) is 15.3. The number of pyridine rings is 1. The largest absolute Gasteiger partial charge is 0.598 e. The van der Waals surface area contributed by atoms with Crippen molar-refractivity contribution < 1.29 is 9.29 Å². The van der Waals surface area contributed by atoms with Gasteiger partial charge in [-0.15, -0.1) is 4.72 Å². The number of hydrogen-bond donors (Lipinski definition) is 1. The third kappa shape index (κ3) is 3.31. The van der Waals surface area contributed by atoms with Gasteiger partial charge in [0.1, 0.15) is 10.3 Å². The summed E-state index contributed by atoms with van der Waals surface area (Å²) in [6.07, 6.45) is 1.77. The van der Waals surface area contributed by atoms with Gasteiger partial charge in [0.15, 0.2) is 0 Å². The monoisotopic (exact) mass is 346 g/mol. The predicted molar refractivity (Wildman–Crippen MR) is 80.0 cm³/mol. The van der Waals surface area contributed by atoms with Crippen LogP contribution in [0.5, 0.6) is 0 Å². The van der Waals surface area contributed by atoms with Gasteiger partial charge in [0.25, 0.3) is 0 Å². The maximum absolute atomic E-state index is 12.3. The summed E-state index contributed by atoms with van der Waals surface area (Å²) >= 11 is 2.24.